The number of nitrogens with zero attached hydrogens (tertiary/aromatic N) is 2. The molecule has 0 saturated carbocycles. The van der Waals surface area contributed by atoms with E-state index in [4.69, 9.17) is 15.2 Å². The average molecular weight is 375 g/mol. The molecule has 1 aromatic heterocycles. The fraction of sp³-hybridized carbons (Fsp3) is 0.278. The summed E-state index contributed by atoms with van der Waals surface area (Å²) in [5, 5.41) is 0. The quantitative estimate of drug-likeness (QED) is 0.783. The van der Waals surface area contributed by atoms with Crippen LogP contribution in [0, 0.1) is 5.82 Å². The van der Waals surface area contributed by atoms with Gasteiger partial charge in [0, 0.05) is 14.1 Å². The molecular formula is C18H18FN3O5. The number of carbonyl (C=O) groups excluding carboxylic acids is 1. The van der Waals surface area contributed by atoms with Crippen LogP contribution in [0.1, 0.15) is 24.0 Å². The standard InChI is InChI=1S/C18H18FN3O5/c1-4-26-17(24)12-11(9-5-7-10(19)8-6-9)13-15(23)21(2)18(25)22(3)16(13)27-14(12)20/h5-8,11H,4,20H2,1-3H3/t11-/m1/s1. The third-order valence-electron chi connectivity index (χ3n) is 4.39. The Bertz CT molecular complexity index is 1070. The van der Waals surface area contributed by atoms with Gasteiger partial charge in [-0.3, -0.25) is 13.9 Å². The molecule has 2 aromatic rings. The molecule has 2 heterocycles. The molecule has 0 radical (unpaired) electrons. The first kappa shape index (κ1) is 18.4. The van der Waals surface area contributed by atoms with Gasteiger partial charge in [0.2, 0.25) is 11.8 Å². The van der Waals surface area contributed by atoms with Gasteiger partial charge in [0.1, 0.15) is 11.4 Å². The van der Waals surface area contributed by atoms with Crippen LogP contribution in [0.4, 0.5) is 4.39 Å². The van der Waals surface area contributed by atoms with Gasteiger partial charge in [-0.15, -0.1) is 0 Å². The maximum atomic E-state index is 13.4. The summed E-state index contributed by atoms with van der Waals surface area (Å²) in [5.41, 5.74) is 5.10. The Morgan fingerprint density at radius 3 is 2.44 bits per heavy atom. The van der Waals surface area contributed by atoms with Gasteiger partial charge < -0.3 is 15.2 Å². The molecule has 9 heteroatoms. The van der Waals surface area contributed by atoms with Crippen LogP contribution in [0.15, 0.2) is 45.3 Å². The van der Waals surface area contributed by atoms with Crippen LogP contribution in [0.5, 0.6) is 5.88 Å². The molecule has 0 saturated heterocycles. The van der Waals surface area contributed by atoms with E-state index >= 15 is 0 Å². The first-order chi connectivity index (χ1) is 12.8. The summed E-state index contributed by atoms with van der Waals surface area (Å²) >= 11 is 0. The number of ether oxygens (including phenoxy) is 2. The minimum atomic E-state index is -0.973. The van der Waals surface area contributed by atoms with Crippen LogP contribution in [0.3, 0.4) is 0 Å². The van der Waals surface area contributed by atoms with Gasteiger partial charge in [0.15, 0.2) is 0 Å². The number of esters is 1. The molecule has 0 fully saturated rings. The zero-order valence-electron chi connectivity index (χ0n) is 15.0. The monoisotopic (exact) mass is 375 g/mol. The number of rotatable bonds is 3. The number of benzene rings is 1. The van der Waals surface area contributed by atoms with Crippen molar-refractivity contribution in [2.75, 3.05) is 6.61 Å². The van der Waals surface area contributed by atoms with Crippen LogP contribution < -0.4 is 21.7 Å². The number of hydrogen-bond donors (Lipinski definition) is 1. The summed E-state index contributed by atoms with van der Waals surface area (Å²) < 4.78 is 26.0. The maximum Gasteiger partial charge on any atom is 0.340 e. The van der Waals surface area contributed by atoms with Crippen molar-refractivity contribution in [1.29, 1.82) is 0 Å². The molecule has 0 spiro atoms. The lowest BCUT2D eigenvalue weighted by atomic mass is 9.84. The van der Waals surface area contributed by atoms with Gasteiger partial charge in [-0.2, -0.15) is 0 Å². The molecule has 27 heavy (non-hydrogen) atoms. The zero-order valence-corrected chi connectivity index (χ0v) is 15.0. The molecule has 1 atom stereocenters. The Morgan fingerprint density at radius 2 is 1.85 bits per heavy atom. The first-order valence-electron chi connectivity index (χ1n) is 8.17. The predicted octanol–water partition coefficient (Wildman–Crippen LogP) is 0.481. The van der Waals surface area contributed by atoms with Gasteiger partial charge >= 0.3 is 11.7 Å². The van der Waals surface area contributed by atoms with Crippen LogP contribution in [0.25, 0.3) is 0 Å². The molecule has 1 aliphatic rings. The fourth-order valence-electron chi connectivity index (χ4n) is 3.08. The van der Waals surface area contributed by atoms with Crippen molar-refractivity contribution >= 4 is 5.97 Å². The second-order valence-corrected chi connectivity index (χ2v) is 6.01. The molecule has 1 aliphatic heterocycles. The minimum absolute atomic E-state index is 0.0449. The molecule has 0 unspecified atom stereocenters. The second kappa shape index (κ2) is 6.75. The number of nitrogens with two attached hydrogens (primary N) is 1. The third-order valence-corrected chi connectivity index (χ3v) is 4.39. The second-order valence-electron chi connectivity index (χ2n) is 6.01. The highest BCUT2D eigenvalue weighted by Gasteiger charge is 2.39. The molecule has 0 amide bonds. The number of halogens is 1. The Balaban J connectivity index is 2.37. The smallest absolute Gasteiger partial charge is 0.340 e. The Labute approximate surface area is 153 Å². The topological polar surface area (TPSA) is 106 Å². The Hall–Kier alpha value is -3.36. The Morgan fingerprint density at radius 1 is 1.22 bits per heavy atom. The molecule has 0 aliphatic carbocycles. The van der Waals surface area contributed by atoms with Crippen LogP contribution in [-0.4, -0.2) is 21.7 Å². The highest BCUT2D eigenvalue weighted by molar-refractivity contribution is 5.92. The van der Waals surface area contributed by atoms with E-state index in [1.54, 1.807) is 6.92 Å². The van der Waals surface area contributed by atoms with Crippen molar-refractivity contribution in [3.8, 4) is 5.88 Å². The van der Waals surface area contributed by atoms with Crippen molar-refractivity contribution in [3.05, 3.63) is 73.5 Å². The average Bonchev–Trinajstić information content (AvgIpc) is 2.64. The molecule has 3 rings (SSSR count). The van der Waals surface area contributed by atoms with Crippen LogP contribution in [-0.2, 0) is 23.6 Å². The van der Waals surface area contributed by atoms with E-state index in [0.29, 0.717) is 5.56 Å². The normalized spacial score (nSPS) is 15.9. The zero-order chi connectivity index (χ0) is 19.9. The lowest BCUT2D eigenvalue weighted by Crippen LogP contribution is -2.43. The summed E-state index contributed by atoms with van der Waals surface area (Å²) in [6.45, 7) is 1.71. The first-order valence-corrected chi connectivity index (χ1v) is 8.17. The molecule has 8 nitrogen and oxygen atoms in total. The Kier molecular flexibility index (Phi) is 4.61. The van der Waals surface area contributed by atoms with Crippen LogP contribution >= 0.6 is 0 Å². The number of hydrogen-bond acceptors (Lipinski definition) is 6. The predicted molar refractivity (Wildman–Crippen MR) is 93.6 cm³/mol. The van der Waals surface area contributed by atoms with E-state index in [0.717, 1.165) is 9.13 Å². The highest BCUT2D eigenvalue weighted by atomic mass is 19.1. The molecule has 0 bridgehead atoms. The summed E-state index contributed by atoms with van der Waals surface area (Å²) in [4.78, 5) is 37.6. The van der Waals surface area contributed by atoms with Crippen molar-refractivity contribution in [3.63, 3.8) is 0 Å². The summed E-state index contributed by atoms with van der Waals surface area (Å²) in [7, 11) is 2.74. The van der Waals surface area contributed by atoms with E-state index in [9.17, 15) is 18.8 Å². The van der Waals surface area contributed by atoms with E-state index < -0.39 is 29.0 Å². The lowest BCUT2D eigenvalue weighted by Gasteiger charge is -2.29. The van der Waals surface area contributed by atoms with Crippen LogP contribution in [0.2, 0.25) is 0 Å². The lowest BCUT2D eigenvalue weighted by molar-refractivity contribution is -0.139. The van der Waals surface area contributed by atoms with E-state index in [1.165, 1.54) is 38.4 Å². The number of aromatic nitrogens is 2. The summed E-state index contributed by atoms with van der Waals surface area (Å²) in [6.07, 6.45) is 0. The van der Waals surface area contributed by atoms with Gasteiger partial charge in [-0.05, 0) is 24.6 Å². The SMILES string of the molecule is CCOC(=O)C1=C(N)Oc2c(c(=O)n(C)c(=O)n2C)[C@@H]1c1ccc(F)cc1. The van der Waals surface area contributed by atoms with E-state index in [1.807, 2.05) is 0 Å². The van der Waals surface area contributed by atoms with Crippen molar-refractivity contribution < 1.29 is 18.7 Å². The largest absolute Gasteiger partial charge is 0.462 e. The summed E-state index contributed by atoms with van der Waals surface area (Å²) in [6, 6.07) is 5.28. The summed E-state index contributed by atoms with van der Waals surface area (Å²) in [5.74, 6) is -2.56. The van der Waals surface area contributed by atoms with Crippen molar-refractivity contribution in [2.45, 2.75) is 12.8 Å². The van der Waals surface area contributed by atoms with Crippen molar-refractivity contribution in [2.24, 2.45) is 19.8 Å². The highest BCUT2D eigenvalue weighted by Crippen LogP contribution is 2.40. The fourth-order valence-corrected chi connectivity index (χ4v) is 3.08. The van der Waals surface area contributed by atoms with Crippen molar-refractivity contribution in [1.82, 2.24) is 9.13 Å². The van der Waals surface area contributed by atoms with E-state index in [2.05, 4.69) is 0 Å². The minimum Gasteiger partial charge on any atom is -0.462 e. The number of fused-ring (bicyclic) bond motifs is 1. The molecule has 1 aromatic carbocycles. The number of carbonyl (C=O) groups is 1. The third kappa shape index (κ3) is 2.90. The maximum absolute atomic E-state index is 13.4. The molecular weight excluding hydrogens is 357 g/mol. The molecule has 2 N–H and O–H groups in total. The van der Waals surface area contributed by atoms with E-state index in [-0.39, 0.29) is 29.5 Å². The van der Waals surface area contributed by atoms with Gasteiger partial charge in [0.25, 0.3) is 5.56 Å². The van der Waals surface area contributed by atoms with Gasteiger partial charge in [0.05, 0.1) is 18.1 Å². The molecule has 142 valence electrons. The van der Waals surface area contributed by atoms with Gasteiger partial charge in [-0.1, -0.05) is 12.1 Å². The van der Waals surface area contributed by atoms with Gasteiger partial charge in [-0.25, -0.2) is 14.0 Å².